The SMILES string of the molecule is Nc1cc(C(F)F)c(CCl)c(CO)n1. The summed E-state index contributed by atoms with van der Waals surface area (Å²) in [7, 11) is 0. The van der Waals surface area contributed by atoms with E-state index in [9.17, 15) is 8.78 Å². The summed E-state index contributed by atoms with van der Waals surface area (Å²) in [5.74, 6) is -0.165. The second-order valence-electron chi connectivity index (χ2n) is 2.65. The van der Waals surface area contributed by atoms with Crippen LogP contribution >= 0.6 is 11.6 Å². The van der Waals surface area contributed by atoms with Crippen LogP contribution < -0.4 is 5.73 Å². The number of anilines is 1. The number of aliphatic hydroxyl groups is 1. The van der Waals surface area contributed by atoms with Crippen LogP contribution in [0.15, 0.2) is 6.07 Å². The molecule has 78 valence electrons. The Balaban J connectivity index is 3.31. The third-order valence-corrected chi connectivity index (χ3v) is 2.05. The van der Waals surface area contributed by atoms with Crippen molar-refractivity contribution in [3.63, 3.8) is 0 Å². The maximum Gasteiger partial charge on any atom is 0.264 e. The van der Waals surface area contributed by atoms with E-state index in [2.05, 4.69) is 4.98 Å². The van der Waals surface area contributed by atoms with Gasteiger partial charge in [0.25, 0.3) is 6.43 Å². The highest BCUT2D eigenvalue weighted by molar-refractivity contribution is 6.17. The van der Waals surface area contributed by atoms with Crippen LogP contribution in [0.25, 0.3) is 0 Å². The van der Waals surface area contributed by atoms with Crippen LogP contribution in [0.3, 0.4) is 0 Å². The number of nitrogens with two attached hydrogens (primary N) is 1. The summed E-state index contributed by atoms with van der Waals surface area (Å²) in [6.45, 7) is -0.452. The number of halogens is 3. The van der Waals surface area contributed by atoms with Gasteiger partial charge in [-0.2, -0.15) is 0 Å². The van der Waals surface area contributed by atoms with E-state index in [1.54, 1.807) is 0 Å². The molecule has 0 aromatic carbocycles. The first kappa shape index (κ1) is 11.1. The zero-order chi connectivity index (χ0) is 10.7. The first-order valence-electron chi connectivity index (χ1n) is 3.83. The zero-order valence-electron chi connectivity index (χ0n) is 7.17. The van der Waals surface area contributed by atoms with Gasteiger partial charge in [-0.05, 0) is 11.6 Å². The first-order chi connectivity index (χ1) is 6.60. The van der Waals surface area contributed by atoms with Gasteiger partial charge in [0.15, 0.2) is 0 Å². The lowest BCUT2D eigenvalue weighted by Crippen LogP contribution is -2.05. The molecule has 14 heavy (non-hydrogen) atoms. The van der Waals surface area contributed by atoms with Crippen LogP contribution in [-0.2, 0) is 12.5 Å². The van der Waals surface area contributed by atoms with E-state index in [0.29, 0.717) is 0 Å². The number of pyridine rings is 1. The summed E-state index contributed by atoms with van der Waals surface area (Å²) < 4.78 is 25.0. The van der Waals surface area contributed by atoms with Crippen LogP contribution in [0.4, 0.5) is 14.6 Å². The number of nitrogens with zero attached hydrogens (tertiary/aromatic N) is 1. The van der Waals surface area contributed by atoms with Crippen LogP contribution in [0.1, 0.15) is 23.2 Å². The summed E-state index contributed by atoms with van der Waals surface area (Å²) in [6.07, 6.45) is -2.67. The predicted octanol–water partition coefficient (Wildman–Crippen LogP) is 1.83. The fourth-order valence-corrected chi connectivity index (χ4v) is 1.46. The van der Waals surface area contributed by atoms with Crippen LogP contribution in [0.5, 0.6) is 0 Å². The number of nitrogen functional groups attached to an aromatic ring is 1. The minimum Gasteiger partial charge on any atom is -0.390 e. The second-order valence-corrected chi connectivity index (χ2v) is 2.92. The van der Waals surface area contributed by atoms with Gasteiger partial charge in [-0.15, -0.1) is 11.6 Å². The predicted molar refractivity (Wildman–Crippen MR) is 49.1 cm³/mol. The molecule has 1 aromatic heterocycles. The lowest BCUT2D eigenvalue weighted by Gasteiger charge is -2.10. The molecule has 6 heteroatoms. The van der Waals surface area contributed by atoms with E-state index >= 15 is 0 Å². The number of aromatic nitrogens is 1. The highest BCUT2D eigenvalue weighted by Gasteiger charge is 2.17. The summed E-state index contributed by atoms with van der Waals surface area (Å²) >= 11 is 5.49. The van der Waals surface area contributed by atoms with Crippen molar-refractivity contribution >= 4 is 17.4 Å². The third-order valence-electron chi connectivity index (χ3n) is 1.78. The molecule has 0 spiro atoms. The molecule has 0 saturated heterocycles. The average molecular weight is 223 g/mol. The Morgan fingerprint density at radius 2 is 2.21 bits per heavy atom. The number of hydrogen-bond donors (Lipinski definition) is 2. The number of aliphatic hydroxyl groups excluding tert-OH is 1. The van der Waals surface area contributed by atoms with Gasteiger partial charge < -0.3 is 10.8 Å². The van der Waals surface area contributed by atoms with E-state index < -0.39 is 13.0 Å². The normalized spacial score (nSPS) is 10.9. The van der Waals surface area contributed by atoms with Crippen molar-refractivity contribution < 1.29 is 13.9 Å². The number of alkyl halides is 3. The van der Waals surface area contributed by atoms with E-state index in [1.165, 1.54) is 0 Å². The van der Waals surface area contributed by atoms with Gasteiger partial charge in [-0.1, -0.05) is 0 Å². The first-order valence-corrected chi connectivity index (χ1v) is 4.36. The van der Waals surface area contributed by atoms with Gasteiger partial charge in [0.2, 0.25) is 0 Å². The minimum absolute atomic E-state index is 0.0433. The van der Waals surface area contributed by atoms with Gasteiger partial charge >= 0.3 is 0 Å². The van der Waals surface area contributed by atoms with E-state index in [-0.39, 0.29) is 28.5 Å². The van der Waals surface area contributed by atoms with Gasteiger partial charge in [0.1, 0.15) is 5.82 Å². The summed E-state index contributed by atoms with van der Waals surface area (Å²) in [6, 6.07) is 1.07. The average Bonchev–Trinajstić information content (AvgIpc) is 2.16. The highest BCUT2D eigenvalue weighted by Crippen LogP contribution is 2.27. The molecule has 3 nitrogen and oxygen atoms in total. The molecule has 0 aliphatic heterocycles. The Labute approximate surface area is 84.5 Å². The highest BCUT2D eigenvalue weighted by atomic mass is 35.5. The molecule has 1 rings (SSSR count). The van der Waals surface area contributed by atoms with E-state index in [0.717, 1.165) is 6.07 Å². The molecule has 0 fully saturated rings. The van der Waals surface area contributed by atoms with Crippen LogP contribution in [-0.4, -0.2) is 10.1 Å². The summed E-state index contributed by atoms with van der Waals surface area (Å²) in [5, 5.41) is 8.86. The monoisotopic (exact) mass is 222 g/mol. The molecule has 0 saturated carbocycles. The van der Waals surface area contributed by atoms with Crippen molar-refractivity contribution in [1.82, 2.24) is 4.98 Å². The topological polar surface area (TPSA) is 59.1 Å². The smallest absolute Gasteiger partial charge is 0.264 e. The van der Waals surface area contributed by atoms with Crippen molar-refractivity contribution in [2.45, 2.75) is 18.9 Å². The van der Waals surface area contributed by atoms with Crippen molar-refractivity contribution in [1.29, 1.82) is 0 Å². The van der Waals surface area contributed by atoms with Gasteiger partial charge in [-0.25, -0.2) is 13.8 Å². The molecule has 0 amide bonds. The molecule has 1 aromatic rings. The quantitative estimate of drug-likeness (QED) is 0.768. The van der Waals surface area contributed by atoms with E-state index in [1.807, 2.05) is 0 Å². The molecular formula is C8H9ClF2N2O. The molecule has 0 radical (unpaired) electrons. The Bertz CT molecular complexity index is 333. The maximum atomic E-state index is 12.5. The largest absolute Gasteiger partial charge is 0.390 e. The number of rotatable bonds is 3. The van der Waals surface area contributed by atoms with Gasteiger partial charge in [-0.3, -0.25) is 0 Å². The van der Waals surface area contributed by atoms with Crippen molar-refractivity contribution in [2.75, 3.05) is 5.73 Å². The fourth-order valence-electron chi connectivity index (χ4n) is 1.15. The molecule has 0 aliphatic rings. The lowest BCUT2D eigenvalue weighted by atomic mass is 10.1. The Kier molecular flexibility index (Phi) is 3.60. The third kappa shape index (κ3) is 2.10. The van der Waals surface area contributed by atoms with Gasteiger partial charge in [0, 0.05) is 11.4 Å². The number of hydrogen-bond acceptors (Lipinski definition) is 3. The Hall–Kier alpha value is -0.940. The molecule has 0 bridgehead atoms. The zero-order valence-corrected chi connectivity index (χ0v) is 7.93. The van der Waals surface area contributed by atoms with Crippen molar-refractivity contribution in [3.05, 3.63) is 22.9 Å². The minimum atomic E-state index is -2.67. The summed E-state index contributed by atoms with van der Waals surface area (Å²) in [4.78, 5) is 3.72. The van der Waals surface area contributed by atoms with Crippen LogP contribution in [0, 0.1) is 0 Å². The van der Waals surface area contributed by atoms with E-state index in [4.69, 9.17) is 22.4 Å². The molecule has 1 heterocycles. The standard InChI is InChI=1S/C8H9ClF2N2O/c9-2-5-4(8(10)11)1-7(12)13-6(5)3-14/h1,8,14H,2-3H2,(H2,12,13). The second kappa shape index (κ2) is 4.52. The van der Waals surface area contributed by atoms with Crippen molar-refractivity contribution in [2.24, 2.45) is 0 Å². The fraction of sp³-hybridized carbons (Fsp3) is 0.375. The maximum absolute atomic E-state index is 12.5. The summed E-state index contributed by atoms with van der Waals surface area (Å²) in [5.41, 5.74) is 5.29. The lowest BCUT2D eigenvalue weighted by molar-refractivity contribution is 0.150. The molecule has 3 N–H and O–H groups in total. The Morgan fingerprint density at radius 1 is 1.57 bits per heavy atom. The molecule has 0 unspecified atom stereocenters. The Morgan fingerprint density at radius 3 is 2.64 bits per heavy atom. The van der Waals surface area contributed by atoms with Crippen LogP contribution in [0.2, 0.25) is 0 Å². The van der Waals surface area contributed by atoms with Gasteiger partial charge in [0.05, 0.1) is 12.3 Å². The molecular weight excluding hydrogens is 214 g/mol. The van der Waals surface area contributed by atoms with Crippen molar-refractivity contribution in [3.8, 4) is 0 Å². The molecule has 0 aliphatic carbocycles. The molecule has 0 atom stereocenters.